The fourth-order valence-corrected chi connectivity index (χ4v) is 1.23. The monoisotopic (exact) mass is 184 g/mol. The lowest BCUT2D eigenvalue weighted by Gasteiger charge is -2.16. The van der Waals surface area contributed by atoms with Crippen molar-refractivity contribution in [3.63, 3.8) is 0 Å². The Balaban J connectivity index is 3.85. The maximum Gasteiger partial charge on any atom is 0.138 e. The highest BCUT2D eigenvalue weighted by Crippen LogP contribution is 2.12. The molecule has 0 aromatic carbocycles. The van der Waals surface area contributed by atoms with Gasteiger partial charge in [0.05, 0.1) is 6.10 Å². The summed E-state index contributed by atoms with van der Waals surface area (Å²) in [6, 6.07) is 0. The molecule has 0 rings (SSSR count). The normalized spacial score (nSPS) is 15.0. The average Bonchev–Trinajstić information content (AvgIpc) is 2.13. The summed E-state index contributed by atoms with van der Waals surface area (Å²) in [7, 11) is 0. The van der Waals surface area contributed by atoms with Crippen LogP contribution in [0.3, 0.4) is 0 Å². The van der Waals surface area contributed by atoms with Crippen LogP contribution < -0.4 is 0 Å². The second-order valence-electron chi connectivity index (χ2n) is 3.44. The van der Waals surface area contributed by atoms with E-state index in [0.717, 1.165) is 6.42 Å². The number of carbonyl (C=O) groups is 1. The molecule has 13 heavy (non-hydrogen) atoms. The number of aliphatic hydroxyl groups excluding tert-OH is 1. The predicted octanol–water partition coefficient (Wildman–Crippen LogP) is 2.32. The minimum absolute atomic E-state index is 0.140. The van der Waals surface area contributed by atoms with E-state index in [1.54, 1.807) is 13.0 Å². The van der Waals surface area contributed by atoms with E-state index < -0.39 is 6.10 Å². The van der Waals surface area contributed by atoms with E-state index in [2.05, 4.69) is 6.58 Å². The molecule has 0 spiro atoms. The minimum atomic E-state index is -0.470. The Morgan fingerprint density at radius 2 is 2.23 bits per heavy atom. The van der Waals surface area contributed by atoms with Gasteiger partial charge in [-0.3, -0.25) is 4.79 Å². The standard InChI is InChI=1S/C11H20O2/c1-4-6-8-11(13)9(3)10(12)7-5-2/h4,9-10,12H,1,5-8H2,2-3H3. The highest BCUT2D eigenvalue weighted by molar-refractivity contribution is 5.81. The van der Waals surface area contributed by atoms with Crippen LogP contribution >= 0.6 is 0 Å². The van der Waals surface area contributed by atoms with Crippen LogP contribution in [0.2, 0.25) is 0 Å². The Morgan fingerprint density at radius 1 is 1.62 bits per heavy atom. The van der Waals surface area contributed by atoms with Gasteiger partial charge in [-0.25, -0.2) is 0 Å². The molecule has 2 atom stereocenters. The summed E-state index contributed by atoms with van der Waals surface area (Å²) in [5.74, 6) is -0.0826. The van der Waals surface area contributed by atoms with Crippen LogP contribution in [-0.2, 0) is 4.79 Å². The van der Waals surface area contributed by atoms with E-state index in [0.29, 0.717) is 19.3 Å². The Kier molecular flexibility index (Phi) is 6.51. The molecule has 2 nitrogen and oxygen atoms in total. The number of aliphatic hydroxyl groups is 1. The summed E-state index contributed by atoms with van der Waals surface area (Å²) in [5, 5.41) is 9.54. The summed E-state index contributed by atoms with van der Waals surface area (Å²) in [6.45, 7) is 7.36. The van der Waals surface area contributed by atoms with Crippen LogP contribution in [0.25, 0.3) is 0 Å². The first-order valence-corrected chi connectivity index (χ1v) is 4.95. The number of ketones is 1. The second-order valence-corrected chi connectivity index (χ2v) is 3.44. The molecule has 0 saturated heterocycles. The van der Waals surface area contributed by atoms with Gasteiger partial charge in [0, 0.05) is 12.3 Å². The van der Waals surface area contributed by atoms with Gasteiger partial charge in [-0.1, -0.05) is 26.3 Å². The van der Waals surface area contributed by atoms with E-state index >= 15 is 0 Å². The third-order valence-electron chi connectivity index (χ3n) is 2.26. The van der Waals surface area contributed by atoms with E-state index in [1.165, 1.54) is 0 Å². The third kappa shape index (κ3) is 4.83. The van der Waals surface area contributed by atoms with Crippen molar-refractivity contribution in [2.45, 2.75) is 45.6 Å². The molecule has 0 aliphatic carbocycles. The zero-order valence-electron chi connectivity index (χ0n) is 8.62. The molecule has 0 aromatic rings. The van der Waals surface area contributed by atoms with Crippen molar-refractivity contribution in [2.24, 2.45) is 5.92 Å². The van der Waals surface area contributed by atoms with Crippen molar-refractivity contribution >= 4 is 5.78 Å². The molecular weight excluding hydrogens is 164 g/mol. The molecule has 0 bridgehead atoms. The summed E-state index contributed by atoms with van der Waals surface area (Å²) in [6.07, 6.45) is 4.10. The summed E-state index contributed by atoms with van der Waals surface area (Å²) in [5.41, 5.74) is 0. The van der Waals surface area contributed by atoms with Crippen molar-refractivity contribution in [3.05, 3.63) is 12.7 Å². The largest absolute Gasteiger partial charge is 0.392 e. The molecule has 1 N–H and O–H groups in total. The van der Waals surface area contributed by atoms with Crippen LogP contribution in [0, 0.1) is 5.92 Å². The van der Waals surface area contributed by atoms with Gasteiger partial charge in [-0.2, -0.15) is 0 Å². The molecule has 0 aliphatic heterocycles. The van der Waals surface area contributed by atoms with Crippen LogP contribution in [0.4, 0.5) is 0 Å². The Morgan fingerprint density at radius 3 is 2.69 bits per heavy atom. The molecule has 0 aromatic heterocycles. The van der Waals surface area contributed by atoms with Crippen molar-refractivity contribution < 1.29 is 9.90 Å². The van der Waals surface area contributed by atoms with Crippen molar-refractivity contribution in [1.29, 1.82) is 0 Å². The fraction of sp³-hybridized carbons (Fsp3) is 0.727. The Hall–Kier alpha value is -0.630. The number of hydrogen-bond acceptors (Lipinski definition) is 2. The summed E-state index contributed by atoms with van der Waals surface area (Å²) in [4.78, 5) is 11.4. The van der Waals surface area contributed by atoms with Gasteiger partial charge in [0.15, 0.2) is 0 Å². The maximum absolute atomic E-state index is 11.4. The molecule has 0 amide bonds. The molecule has 2 unspecified atom stereocenters. The zero-order chi connectivity index (χ0) is 10.3. The van der Waals surface area contributed by atoms with E-state index in [9.17, 15) is 9.90 Å². The van der Waals surface area contributed by atoms with Crippen molar-refractivity contribution in [2.75, 3.05) is 0 Å². The lowest BCUT2D eigenvalue weighted by molar-refractivity contribution is -0.125. The third-order valence-corrected chi connectivity index (χ3v) is 2.26. The van der Waals surface area contributed by atoms with Gasteiger partial charge in [0.2, 0.25) is 0 Å². The number of Topliss-reactive ketones (excluding diaryl/α,β-unsaturated/α-hetero) is 1. The molecular formula is C11H20O2. The van der Waals surface area contributed by atoms with Gasteiger partial charge in [-0.15, -0.1) is 6.58 Å². The maximum atomic E-state index is 11.4. The first-order chi connectivity index (χ1) is 6.13. The van der Waals surface area contributed by atoms with E-state index in [1.807, 2.05) is 6.92 Å². The predicted molar refractivity (Wildman–Crippen MR) is 54.5 cm³/mol. The highest BCUT2D eigenvalue weighted by atomic mass is 16.3. The molecule has 0 saturated carbocycles. The molecule has 0 radical (unpaired) electrons. The van der Waals surface area contributed by atoms with E-state index in [-0.39, 0.29) is 11.7 Å². The molecule has 0 heterocycles. The van der Waals surface area contributed by atoms with Crippen molar-refractivity contribution in [1.82, 2.24) is 0 Å². The average molecular weight is 184 g/mol. The topological polar surface area (TPSA) is 37.3 Å². The summed E-state index contributed by atoms with van der Waals surface area (Å²) < 4.78 is 0. The second kappa shape index (κ2) is 6.84. The Bertz CT molecular complexity index is 163. The molecule has 76 valence electrons. The van der Waals surface area contributed by atoms with Gasteiger partial charge >= 0.3 is 0 Å². The zero-order valence-corrected chi connectivity index (χ0v) is 8.62. The van der Waals surface area contributed by atoms with Gasteiger partial charge in [0.25, 0.3) is 0 Å². The number of rotatable bonds is 7. The first-order valence-electron chi connectivity index (χ1n) is 4.95. The summed E-state index contributed by atoms with van der Waals surface area (Å²) >= 11 is 0. The minimum Gasteiger partial charge on any atom is -0.392 e. The van der Waals surface area contributed by atoms with Crippen LogP contribution in [0.5, 0.6) is 0 Å². The SMILES string of the molecule is C=CCCC(=O)C(C)C(O)CCC. The van der Waals surface area contributed by atoms with Gasteiger partial charge < -0.3 is 5.11 Å². The van der Waals surface area contributed by atoms with Crippen LogP contribution in [0.1, 0.15) is 39.5 Å². The number of carbonyl (C=O) groups excluding carboxylic acids is 1. The lowest BCUT2D eigenvalue weighted by Crippen LogP contribution is -2.25. The van der Waals surface area contributed by atoms with Gasteiger partial charge in [0.1, 0.15) is 5.78 Å². The molecule has 0 fully saturated rings. The van der Waals surface area contributed by atoms with Crippen LogP contribution in [-0.4, -0.2) is 17.0 Å². The Labute approximate surface area is 80.7 Å². The van der Waals surface area contributed by atoms with Gasteiger partial charge in [-0.05, 0) is 12.8 Å². The molecule has 2 heteroatoms. The fourth-order valence-electron chi connectivity index (χ4n) is 1.23. The lowest BCUT2D eigenvalue weighted by atomic mass is 9.94. The smallest absolute Gasteiger partial charge is 0.138 e. The van der Waals surface area contributed by atoms with Crippen molar-refractivity contribution in [3.8, 4) is 0 Å². The number of allylic oxidation sites excluding steroid dienone is 1. The highest BCUT2D eigenvalue weighted by Gasteiger charge is 2.19. The first kappa shape index (κ1) is 12.4. The number of hydrogen-bond donors (Lipinski definition) is 1. The van der Waals surface area contributed by atoms with Crippen LogP contribution in [0.15, 0.2) is 12.7 Å². The van der Waals surface area contributed by atoms with E-state index in [4.69, 9.17) is 0 Å². The molecule has 0 aliphatic rings. The quantitative estimate of drug-likeness (QED) is 0.616.